The maximum Gasteiger partial charge on any atom is 0.253 e. The summed E-state index contributed by atoms with van der Waals surface area (Å²) < 4.78 is 13.1. The standard InChI is InChI=1S/C23H24FN3O3/c24-18-8-6-15(7-9-18)23(30)27-12-2-4-17(14-27)22(29)26-20-5-1-3-16(13-20)21(28)25-19-10-11-19/h1,3,5-9,13,17,19H,2,4,10-12,14H2,(H,25,28)(H,26,29)/t17-/m0/s1. The van der Waals surface area contributed by atoms with E-state index in [2.05, 4.69) is 10.6 Å². The number of halogens is 1. The van der Waals surface area contributed by atoms with Gasteiger partial charge in [0.1, 0.15) is 5.82 Å². The number of nitrogens with one attached hydrogen (secondary N) is 2. The van der Waals surface area contributed by atoms with E-state index in [0.717, 1.165) is 19.3 Å². The first-order chi connectivity index (χ1) is 14.5. The molecule has 0 radical (unpaired) electrons. The number of benzene rings is 2. The Morgan fingerprint density at radius 2 is 1.73 bits per heavy atom. The maximum absolute atomic E-state index is 13.1. The number of carbonyl (C=O) groups excluding carboxylic acids is 3. The van der Waals surface area contributed by atoms with Crippen molar-refractivity contribution in [2.45, 2.75) is 31.7 Å². The molecule has 6 nitrogen and oxygen atoms in total. The average Bonchev–Trinajstić information content (AvgIpc) is 3.58. The molecule has 2 N–H and O–H groups in total. The zero-order valence-corrected chi connectivity index (χ0v) is 16.6. The number of likely N-dealkylation sites (tertiary alicyclic amines) is 1. The zero-order chi connectivity index (χ0) is 21.1. The fourth-order valence-electron chi connectivity index (χ4n) is 3.63. The van der Waals surface area contributed by atoms with E-state index in [1.807, 2.05) is 0 Å². The molecule has 0 bridgehead atoms. The number of nitrogens with zero attached hydrogens (tertiary/aromatic N) is 1. The molecule has 7 heteroatoms. The van der Waals surface area contributed by atoms with Gasteiger partial charge < -0.3 is 15.5 Å². The molecule has 2 aliphatic rings. The molecule has 1 heterocycles. The van der Waals surface area contributed by atoms with Crippen molar-refractivity contribution in [3.63, 3.8) is 0 Å². The monoisotopic (exact) mass is 409 g/mol. The van der Waals surface area contributed by atoms with Crippen LogP contribution in [0, 0.1) is 11.7 Å². The molecule has 2 fully saturated rings. The first-order valence-corrected chi connectivity index (χ1v) is 10.3. The summed E-state index contributed by atoms with van der Waals surface area (Å²) >= 11 is 0. The summed E-state index contributed by atoms with van der Waals surface area (Å²) in [6.45, 7) is 0.876. The molecule has 2 aromatic carbocycles. The minimum Gasteiger partial charge on any atom is -0.349 e. The van der Waals surface area contributed by atoms with E-state index in [1.165, 1.54) is 24.3 Å². The van der Waals surface area contributed by atoms with Crippen molar-refractivity contribution < 1.29 is 18.8 Å². The summed E-state index contributed by atoms with van der Waals surface area (Å²) in [5.74, 6) is -1.25. The summed E-state index contributed by atoms with van der Waals surface area (Å²) in [6, 6.07) is 12.6. The van der Waals surface area contributed by atoms with Crippen LogP contribution in [0.15, 0.2) is 48.5 Å². The summed E-state index contributed by atoms with van der Waals surface area (Å²) in [6.07, 6.45) is 3.42. The highest BCUT2D eigenvalue weighted by Gasteiger charge is 2.29. The fourth-order valence-corrected chi connectivity index (χ4v) is 3.63. The minimum atomic E-state index is -0.393. The molecule has 1 saturated heterocycles. The van der Waals surface area contributed by atoms with Crippen molar-refractivity contribution in [1.82, 2.24) is 10.2 Å². The largest absolute Gasteiger partial charge is 0.349 e. The Morgan fingerprint density at radius 1 is 0.967 bits per heavy atom. The third kappa shape index (κ3) is 4.84. The van der Waals surface area contributed by atoms with E-state index in [1.54, 1.807) is 29.2 Å². The normalized spacial score (nSPS) is 18.6. The van der Waals surface area contributed by atoms with Gasteiger partial charge in [-0.3, -0.25) is 14.4 Å². The Bertz CT molecular complexity index is 956. The van der Waals surface area contributed by atoms with Gasteiger partial charge in [0.15, 0.2) is 0 Å². The van der Waals surface area contributed by atoms with E-state index >= 15 is 0 Å². The first kappa shape index (κ1) is 20.1. The van der Waals surface area contributed by atoms with Gasteiger partial charge in [0, 0.05) is 35.9 Å². The molecular formula is C23H24FN3O3. The second kappa shape index (κ2) is 8.65. The van der Waals surface area contributed by atoms with Gasteiger partial charge in [0.25, 0.3) is 11.8 Å². The maximum atomic E-state index is 13.1. The molecule has 1 aliphatic carbocycles. The van der Waals surface area contributed by atoms with Crippen LogP contribution in [0.3, 0.4) is 0 Å². The van der Waals surface area contributed by atoms with Crippen LogP contribution in [0.2, 0.25) is 0 Å². The highest BCUT2D eigenvalue weighted by atomic mass is 19.1. The van der Waals surface area contributed by atoms with Gasteiger partial charge in [-0.2, -0.15) is 0 Å². The van der Waals surface area contributed by atoms with Gasteiger partial charge in [-0.25, -0.2) is 4.39 Å². The van der Waals surface area contributed by atoms with Crippen molar-refractivity contribution in [1.29, 1.82) is 0 Å². The lowest BCUT2D eigenvalue weighted by atomic mass is 9.96. The Kier molecular flexibility index (Phi) is 5.79. The molecule has 3 amide bonds. The molecule has 1 aliphatic heterocycles. The number of anilines is 1. The first-order valence-electron chi connectivity index (χ1n) is 10.3. The Balaban J connectivity index is 1.38. The smallest absolute Gasteiger partial charge is 0.253 e. The van der Waals surface area contributed by atoms with Gasteiger partial charge in [-0.1, -0.05) is 6.07 Å². The van der Waals surface area contributed by atoms with Gasteiger partial charge in [0.05, 0.1) is 5.92 Å². The lowest BCUT2D eigenvalue weighted by molar-refractivity contribution is -0.121. The van der Waals surface area contributed by atoms with Gasteiger partial charge >= 0.3 is 0 Å². The zero-order valence-electron chi connectivity index (χ0n) is 16.6. The van der Waals surface area contributed by atoms with Crippen molar-refractivity contribution in [3.8, 4) is 0 Å². The predicted molar refractivity (Wildman–Crippen MR) is 111 cm³/mol. The van der Waals surface area contributed by atoms with Crippen LogP contribution in [0.4, 0.5) is 10.1 Å². The van der Waals surface area contributed by atoms with E-state index in [4.69, 9.17) is 0 Å². The van der Waals surface area contributed by atoms with Gasteiger partial charge in [0.2, 0.25) is 5.91 Å². The number of carbonyl (C=O) groups is 3. The van der Waals surface area contributed by atoms with Crippen LogP contribution in [0.1, 0.15) is 46.4 Å². The average molecular weight is 409 g/mol. The van der Waals surface area contributed by atoms with E-state index in [-0.39, 0.29) is 29.7 Å². The third-order valence-corrected chi connectivity index (χ3v) is 5.48. The summed E-state index contributed by atoms with van der Waals surface area (Å²) in [5, 5.41) is 5.81. The number of rotatable bonds is 5. The lowest BCUT2D eigenvalue weighted by Gasteiger charge is -2.32. The van der Waals surface area contributed by atoms with Crippen LogP contribution >= 0.6 is 0 Å². The quantitative estimate of drug-likeness (QED) is 0.796. The van der Waals surface area contributed by atoms with Crippen LogP contribution in [0.25, 0.3) is 0 Å². The number of hydrogen-bond donors (Lipinski definition) is 2. The van der Waals surface area contributed by atoms with Crippen LogP contribution in [0.5, 0.6) is 0 Å². The van der Waals surface area contributed by atoms with Gasteiger partial charge in [-0.15, -0.1) is 0 Å². The second-order valence-electron chi connectivity index (χ2n) is 7.92. The molecule has 0 spiro atoms. The van der Waals surface area contributed by atoms with Crippen LogP contribution in [-0.4, -0.2) is 41.8 Å². The van der Waals surface area contributed by atoms with Crippen LogP contribution < -0.4 is 10.6 Å². The van der Waals surface area contributed by atoms with Crippen molar-refractivity contribution in [3.05, 3.63) is 65.5 Å². The highest BCUT2D eigenvalue weighted by molar-refractivity contribution is 5.98. The SMILES string of the molecule is O=C(NC1CC1)c1cccc(NC(=O)[C@H]2CCCN(C(=O)c3ccc(F)cc3)C2)c1. The molecule has 1 atom stereocenters. The Morgan fingerprint density at radius 3 is 2.47 bits per heavy atom. The van der Waals surface area contributed by atoms with Crippen LogP contribution in [-0.2, 0) is 4.79 Å². The molecular weight excluding hydrogens is 385 g/mol. The van der Waals surface area contributed by atoms with Crippen molar-refractivity contribution in [2.24, 2.45) is 5.92 Å². The number of amides is 3. The Hall–Kier alpha value is -3.22. The number of piperidine rings is 1. The summed E-state index contributed by atoms with van der Waals surface area (Å²) in [7, 11) is 0. The van der Waals surface area contributed by atoms with E-state index in [0.29, 0.717) is 36.3 Å². The summed E-state index contributed by atoms with van der Waals surface area (Å²) in [4.78, 5) is 39.3. The Labute approximate surface area is 174 Å². The fraction of sp³-hybridized carbons (Fsp3) is 0.348. The molecule has 4 rings (SSSR count). The molecule has 2 aromatic rings. The third-order valence-electron chi connectivity index (χ3n) is 5.48. The molecule has 0 unspecified atom stereocenters. The highest BCUT2D eigenvalue weighted by Crippen LogP contribution is 2.22. The lowest BCUT2D eigenvalue weighted by Crippen LogP contribution is -2.43. The summed E-state index contributed by atoms with van der Waals surface area (Å²) in [5.41, 5.74) is 1.48. The molecule has 30 heavy (non-hydrogen) atoms. The predicted octanol–water partition coefficient (Wildman–Crippen LogP) is 3.21. The van der Waals surface area contributed by atoms with Crippen molar-refractivity contribution in [2.75, 3.05) is 18.4 Å². The molecule has 0 aromatic heterocycles. The topological polar surface area (TPSA) is 78.5 Å². The van der Waals surface area contributed by atoms with Gasteiger partial charge in [-0.05, 0) is 68.1 Å². The van der Waals surface area contributed by atoms with E-state index in [9.17, 15) is 18.8 Å². The van der Waals surface area contributed by atoms with E-state index < -0.39 is 5.82 Å². The molecule has 156 valence electrons. The van der Waals surface area contributed by atoms with Crippen molar-refractivity contribution >= 4 is 23.4 Å². The molecule has 1 saturated carbocycles. The number of hydrogen-bond acceptors (Lipinski definition) is 3. The second-order valence-corrected chi connectivity index (χ2v) is 7.92. The minimum absolute atomic E-state index is 0.137.